The van der Waals surface area contributed by atoms with E-state index in [9.17, 15) is 13.2 Å². The van der Waals surface area contributed by atoms with Gasteiger partial charge in [0.1, 0.15) is 11.5 Å². The van der Waals surface area contributed by atoms with Gasteiger partial charge in [0, 0.05) is 0 Å². The molecule has 0 spiro atoms. The van der Waals surface area contributed by atoms with Gasteiger partial charge in [-0.1, -0.05) is 19.1 Å². The standard InChI is InChI=1S/C16H18F3NO/c1-3-20-14(15-9-4-11(2)21-15)10-12-5-7-13(8-6-12)16(17,18)19/h4-9,14,20H,3,10H2,1-2H3. The Morgan fingerprint density at radius 2 is 1.76 bits per heavy atom. The zero-order valence-electron chi connectivity index (χ0n) is 12.0. The second-order valence-corrected chi connectivity index (χ2v) is 4.96. The lowest BCUT2D eigenvalue weighted by Crippen LogP contribution is -2.22. The van der Waals surface area contributed by atoms with E-state index in [0.717, 1.165) is 35.8 Å². The van der Waals surface area contributed by atoms with E-state index in [2.05, 4.69) is 5.32 Å². The van der Waals surface area contributed by atoms with Gasteiger partial charge < -0.3 is 9.73 Å². The first kappa shape index (κ1) is 15.6. The maximum absolute atomic E-state index is 12.5. The van der Waals surface area contributed by atoms with Crippen LogP contribution in [0.1, 0.15) is 35.6 Å². The van der Waals surface area contributed by atoms with Crippen molar-refractivity contribution >= 4 is 0 Å². The van der Waals surface area contributed by atoms with Gasteiger partial charge in [0.15, 0.2) is 0 Å². The highest BCUT2D eigenvalue weighted by Crippen LogP contribution is 2.30. The van der Waals surface area contributed by atoms with E-state index < -0.39 is 11.7 Å². The van der Waals surface area contributed by atoms with E-state index >= 15 is 0 Å². The highest BCUT2D eigenvalue weighted by Gasteiger charge is 2.30. The van der Waals surface area contributed by atoms with Crippen LogP contribution in [-0.4, -0.2) is 6.54 Å². The minimum Gasteiger partial charge on any atom is -0.465 e. The summed E-state index contributed by atoms with van der Waals surface area (Å²) in [6.07, 6.45) is -3.71. The predicted octanol–water partition coefficient (Wildman–Crippen LogP) is 4.50. The van der Waals surface area contributed by atoms with Crippen molar-refractivity contribution in [1.29, 1.82) is 0 Å². The summed E-state index contributed by atoms with van der Waals surface area (Å²) in [5.41, 5.74) is 0.211. The Hall–Kier alpha value is -1.75. The second-order valence-electron chi connectivity index (χ2n) is 4.96. The topological polar surface area (TPSA) is 25.2 Å². The molecule has 1 aromatic heterocycles. The van der Waals surface area contributed by atoms with Crippen LogP contribution in [-0.2, 0) is 12.6 Å². The molecule has 5 heteroatoms. The number of aryl methyl sites for hydroxylation is 1. The molecule has 114 valence electrons. The van der Waals surface area contributed by atoms with E-state index in [1.54, 1.807) is 0 Å². The van der Waals surface area contributed by atoms with Gasteiger partial charge in [-0.25, -0.2) is 0 Å². The summed E-state index contributed by atoms with van der Waals surface area (Å²) in [7, 11) is 0. The van der Waals surface area contributed by atoms with E-state index in [4.69, 9.17) is 4.42 Å². The monoisotopic (exact) mass is 297 g/mol. The van der Waals surface area contributed by atoms with Crippen LogP contribution < -0.4 is 5.32 Å². The minimum atomic E-state index is -4.29. The molecule has 2 aromatic rings. The molecular formula is C16H18F3NO. The molecule has 1 aromatic carbocycles. The van der Waals surface area contributed by atoms with Crippen molar-refractivity contribution in [3.63, 3.8) is 0 Å². The zero-order valence-corrected chi connectivity index (χ0v) is 12.0. The van der Waals surface area contributed by atoms with Crippen LogP contribution in [0, 0.1) is 6.92 Å². The van der Waals surface area contributed by atoms with Crippen molar-refractivity contribution in [1.82, 2.24) is 5.32 Å². The molecule has 0 amide bonds. The van der Waals surface area contributed by atoms with Crippen molar-refractivity contribution in [2.24, 2.45) is 0 Å². The largest absolute Gasteiger partial charge is 0.465 e. The van der Waals surface area contributed by atoms with Gasteiger partial charge in [0.25, 0.3) is 0 Å². The second kappa shape index (κ2) is 6.35. The van der Waals surface area contributed by atoms with Crippen LogP contribution in [0.3, 0.4) is 0 Å². The molecule has 1 N–H and O–H groups in total. The summed E-state index contributed by atoms with van der Waals surface area (Å²) in [6.45, 7) is 4.60. The first-order chi connectivity index (χ1) is 9.90. The number of hydrogen-bond donors (Lipinski definition) is 1. The highest BCUT2D eigenvalue weighted by molar-refractivity contribution is 5.26. The minimum absolute atomic E-state index is 0.0413. The molecule has 2 rings (SSSR count). The maximum Gasteiger partial charge on any atom is 0.416 e. The maximum atomic E-state index is 12.5. The fourth-order valence-electron chi connectivity index (χ4n) is 2.23. The lowest BCUT2D eigenvalue weighted by Gasteiger charge is -2.16. The molecule has 1 unspecified atom stereocenters. The lowest BCUT2D eigenvalue weighted by molar-refractivity contribution is -0.137. The van der Waals surface area contributed by atoms with Crippen molar-refractivity contribution in [2.45, 2.75) is 32.5 Å². The molecule has 2 nitrogen and oxygen atoms in total. The molecule has 0 bridgehead atoms. The Morgan fingerprint density at radius 3 is 2.24 bits per heavy atom. The van der Waals surface area contributed by atoms with E-state index in [1.165, 1.54) is 12.1 Å². The number of hydrogen-bond acceptors (Lipinski definition) is 2. The van der Waals surface area contributed by atoms with Gasteiger partial charge in [-0.15, -0.1) is 0 Å². The molecule has 0 aliphatic rings. The zero-order chi connectivity index (χ0) is 15.5. The van der Waals surface area contributed by atoms with Crippen LogP contribution in [0.4, 0.5) is 13.2 Å². The highest BCUT2D eigenvalue weighted by atomic mass is 19.4. The molecule has 0 aliphatic heterocycles. The molecule has 21 heavy (non-hydrogen) atoms. The van der Waals surface area contributed by atoms with Crippen LogP contribution in [0.5, 0.6) is 0 Å². The first-order valence-corrected chi connectivity index (χ1v) is 6.86. The third-order valence-electron chi connectivity index (χ3n) is 3.28. The number of alkyl halides is 3. The third-order valence-corrected chi connectivity index (χ3v) is 3.28. The normalized spacial score (nSPS) is 13.4. The average Bonchev–Trinajstić information content (AvgIpc) is 2.84. The fraction of sp³-hybridized carbons (Fsp3) is 0.375. The molecular weight excluding hydrogens is 279 g/mol. The number of rotatable bonds is 5. The molecule has 0 aliphatic carbocycles. The van der Waals surface area contributed by atoms with Gasteiger partial charge in [0.2, 0.25) is 0 Å². The Bertz CT molecular complexity index is 572. The number of furan rings is 1. The van der Waals surface area contributed by atoms with Gasteiger partial charge in [0.05, 0.1) is 11.6 Å². The summed E-state index contributed by atoms with van der Waals surface area (Å²) in [4.78, 5) is 0. The molecule has 0 fully saturated rings. The Balaban J connectivity index is 2.14. The quantitative estimate of drug-likeness (QED) is 0.879. The summed E-state index contributed by atoms with van der Waals surface area (Å²) >= 11 is 0. The number of likely N-dealkylation sites (N-methyl/N-ethyl adjacent to an activating group) is 1. The SMILES string of the molecule is CCNC(Cc1ccc(C(F)(F)F)cc1)c1ccc(C)o1. The van der Waals surface area contributed by atoms with E-state index in [0.29, 0.717) is 6.42 Å². The Morgan fingerprint density at radius 1 is 1.10 bits per heavy atom. The van der Waals surface area contributed by atoms with Crippen LogP contribution in [0.15, 0.2) is 40.8 Å². The van der Waals surface area contributed by atoms with Crippen LogP contribution in [0.25, 0.3) is 0 Å². The lowest BCUT2D eigenvalue weighted by atomic mass is 10.0. The third kappa shape index (κ3) is 4.11. The van der Waals surface area contributed by atoms with E-state index in [1.807, 2.05) is 26.0 Å². The molecule has 1 atom stereocenters. The first-order valence-electron chi connectivity index (χ1n) is 6.86. The molecule has 0 saturated carbocycles. The number of benzene rings is 1. The smallest absolute Gasteiger partial charge is 0.416 e. The molecule has 0 radical (unpaired) electrons. The summed E-state index contributed by atoms with van der Waals surface area (Å²) < 4.78 is 43.2. The van der Waals surface area contributed by atoms with Crippen molar-refractivity contribution in [2.75, 3.05) is 6.54 Å². The van der Waals surface area contributed by atoms with Gasteiger partial charge in [-0.05, 0) is 49.7 Å². The van der Waals surface area contributed by atoms with Gasteiger partial charge in [-0.2, -0.15) is 13.2 Å². The fourth-order valence-corrected chi connectivity index (χ4v) is 2.23. The van der Waals surface area contributed by atoms with E-state index in [-0.39, 0.29) is 6.04 Å². The van der Waals surface area contributed by atoms with Crippen molar-refractivity contribution in [3.8, 4) is 0 Å². The van der Waals surface area contributed by atoms with Crippen LogP contribution in [0.2, 0.25) is 0 Å². The Kier molecular flexibility index (Phi) is 4.73. The number of halogens is 3. The van der Waals surface area contributed by atoms with Gasteiger partial charge >= 0.3 is 6.18 Å². The van der Waals surface area contributed by atoms with Crippen LogP contribution >= 0.6 is 0 Å². The summed E-state index contributed by atoms with van der Waals surface area (Å²) in [6, 6.07) is 9.00. The summed E-state index contributed by atoms with van der Waals surface area (Å²) in [5, 5.41) is 3.29. The summed E-state index contributed by atoms with van der Waals surface area (Å²) in [5.74, 6) is 1.62. The number of nitrogens with one attached hydrogen (secondary N) is 1. The van der Waals surface area contributed by atoms with Crippen molar-refractivity contribution in [3.05, 3.63) is 59.0 Å². The molecule has 1 heterocycles. The molecule has 0 saturated heterocycles. The predicted molar refractivity (Wildman–Crippen MR) is 75.0 cm³/mol. The Labute approximate surface area is 122 Å². The average molecular weight is 297 g/mol. The van der Waals surface area contributed by atoms with Crippen molar-refractivity contribution < 1.29 is 17.6 Å². The van der Waals surface area contributed by atoms with Gasteiger partial charge in [-0.3, -0.25) is 0 Å².